The van der Waals surface area contributed by atoms with Crippen LogP contribution in [-0.2, 0) is 23.7 Å². The van der Waals surface area contributed by atoms with Crippen molar-refractivity contribution in [3.05, 3.63) is 11.6 Å². The zero-order valence-corrected chi connectivity index (χ0v) is 32.9. The quantitative estimate of drug-likeness (QED) is 0.138. The van der Waals surface area contributed by atoms with Crippen LogP contribution in [0.5, 0.6) is 0 Å². The highest BCUT2D eigenvalue weighted by Gasteiger charge is 2.70. The molecule has 5 aliphatic carbocycles. The van der Waals surface area contributed by atoms with Crippen molar-refractivity contribution in [1.29, 1.82) is 0 Å². The molecule has 4 saturated carbocycles. The van der Waals surface area contributed by atoms with Crippen LogP contribution in [0.1, 0.15) is 106 Å². The Bertz CT molecular complexity index is 1450. The number of hydrogen-bond acceptors (Lipinski definition) is 12. The molecule has 13 heteroatoms. The summed E-state index contributed by atoms with van der Waals surface area (Å²) >= 11 is 0. The maximum Gasteiger partial charge on any atom is 0.310 e. The molecule has 17 atom stereocenters. The van der Waals surface area contributed by atoms with Gasteiger partial charge in [-0.25, -0.2) is 0 Å². The van der Waals surface area contributed by atoms with Gasteiger partial charge in [-0.1, -0.05) is 53.2 Å². The van der Waals surface area contributed by atoms with E-state index < -0.39 is 78.7 Å². The van der Waals surface area contributed by atoms with E-state index in [0.717, 1.165) is 38.5 Å². The molecule has 308 valence electrons. The number of fused-ring (bicyclic) bond motifs is 7. The fraction of sp³-hybridized carbons (Fsp3) is 0.927. The summed E-state index contributed by atoms with van der Waals surface area (Å²) in [5.41, 5.74) is -0.646. The van der Waals surface area contributed by atoms with Gasteiger partial charge in [0.15, 0.2) is 12.6 Å². The zero-order valence-electron chi connectivity index (χ0n) is 32.9. The van der Waals surface area contributed by atoms with E-state index in [4.69, 9.17) is 18.9 Å². The van der Waals surface area contributed by atoms with E-state index in [9.17, 15) is 45.6 Å². The van der Waals surface area contributed by atoms with Crippen LogP contribution in [0.2, 0.25) is 0 Å². The van der Waals surface area contributed by atoms with Crippen molar-refractivity contribution in [3.8, 4) is 0 Å². The molecule has 6 fully saturated rings. The second kappa shape index (κ2) is 14.0. The number of aliphatic hydroxyl groups excluding tert-OH is 7. The average molecular weight is 767 g/mol. The Morgan fingerprint density at radius 3 is 2.15 bits per heavy atom. The molecule has 13 nitrogen and oxygen atoms in total. The lowest BCUT2D eigenvalue weighted by Crippen LogP contribution is -2.67. The van der Waals surface area contributed by atoms with E-state index in [0.29, 0.717) is 25.7 Å². The minimum atomic E-state index is -1.66. The summed E-state index contributed by atoms with van der Waals surface area (Å²) in [5, 5.41) is 84.8. The van der Waals surface area contributed by atoms with E-state index >= 15 is 0 Å². The molecule has 2 aliphatic heterocycles. The van der Waals surface area contributed by atoms with Crippen LogP contribution < -0.4 is 0 Å². The van der Waals surface area contributed by atoms with Gasteiger partial charge < -0.3 is 59.8 Å². The first kappa shape index (κ1) is 40.9. The Balaban J connectivity index is 1.07. The predicted octanol–water partition coefficient (Wildman–Crippen LogP) is 2.49. The van der Waals surface area contributed by atoms with Gasteiger partial charge in [-0.05, 0) is 104 Å². The summed E-state index contributed by atoms with van der Waals surface area (Å²) < 4.78 is 23.7. The Kier molecular flexibility index (Phi) is 10.6. The third-order valence-electron chi connectivity index (χ3n) is 16.8. The van der Waals surface area contributed by atoms with Gasteiger partial charge in [0.2, 0.25) is 0 Å². The van der Waals surface area contributed by atoms with Gasteiger partial charge in [-0.2, -0.15) is 0 Å². The summed E-state index contributed by atoms with van der Waals surface area (Å²) in [7, 11) is 0. The van der Waals surface area contributed by atoms with Gasteiger partial charge in [0.25, 0.3) is 0 Å². The molecule has 8 N–H and O–H groups in total. The number of ether oxygens (including phenoxy) is 4. The molecular weight excluding hydrogens is 700 g/mol. The van der Waals surface area contributed by atoms with Crippen LogP contribution in [0, 0.1) is 50.2 Å². The van der Waals surface area contributed by atoms with Crippen molar-refractivity contribution in [2.24, 2.45) is 50.2 Å². The summed E-state index contributed by atoms with van der Waals surface area (Å²) in [5.74, 6) is -0.249. The van der Waals surface area contributed by atoms with Gasteiger partial charge in [0, 0.05) is 5.41 Å². The van der Waals surface area contributed by atoms with Crippen molar-refractivity contribution >= 4 is 5.97 Å². The van der Waals surface area contributed by atoms with E-state index in [1.807, 2.05) is 0 Å². The van der Waals surface area contributed by atoms with Crippen LogP contribution in [0.25, 0.3) is 0 Å². The van der Waals surface area contributed by atoms with Crippen molar-refractivity contribution in [3.63, 3.8) is 0 Å². The van der Waals surface area contributed by atoms with Crippen molar-refractivity contribution in [2.45, 2.75) is 167 Å². The predicted molar refractivity (Wildman–Crippen MR) is 193 cm³/mol. The second-order valence-corrected chi connectivity index (χ2v) is 20.1. The number of carboxylic acid groups (broad SMARTS) is 1. The van der Waals surface area contributed by atoms with Gasteiger partial charge in [0.05, 0.1) is 31.3 Å². The largest absolute Gasteiger partial charge is 0.481 e. The number of hydrogen-bond donors (Lipinski definition) is 8. The molecule has 2 heterocycles. The van der Waals surface area contributed by atoms with E-state index in [1.54, 1.807) is 0 Å². The lowest BCUT2D eigenvalue weighted by atomic mass is 9.33. The highest BCUT2D eigenvalue weighted by Crippen LogP contribution is 2.76. The number of rotatable bonds is 7. The maximum atomic E-state index is 13.0. The molecule has 0 aromatic heterocycles. The monoisotopic (exact) mass is 766 g/mol. The molecule has 0 spiro atoms. The number of aliphatic hydroxyl groups is 7. The minimum absolute atomic E-state index is 0.0225. The lowest BCUT2D eigenvalue weighted by molar-refractivity contribution is -0.351. The van der Waals surface area contributed by atoms with Gasteiger partial charge in [0.1, 0.15) is 42.7 Å². The van der Waals surface area contributed by atoms with Crippen molar-refractivity contribution in [2.75, 3.05) is 19.8 Å². The summed E-state index contributed by atoms with van der Waals surface area (Å²) in [6.07, 6.45) is -2.85. The molecular formula is C41H66O13. The Morgan fingerprint density at radius 2 is 1.48 bits per heavy atom. The van der Waals surface area contributed by atoms with Crippen LogP contribution in [0.4, 0.5) is 0 Å². The smallest absolute Gasteiger partial charge is 0.310 e. The van der Waals surface area contributed by atoms with E-state index in [-0.39, 0.29) is 58.7 Å². The van der Waals surface area contributed by atoms with Crippen molar-refractivity contribution in [1.82, 2.24) is 0 Å². The molecule has 0 radical (unpaired) electrons. The molecule has 0 amide bonds. The van der Waals surface area contributed by atoms with Crippen molar-refractivity contribution < 1.29 is 64.6 Å². The topological polar surface area (TPSA) is 216 Å². The number of aliphatic carboxylic acids is 1. The fourth-order valence-corrected chi connectivity index (χ4v) is 13.5. The van der Waals surface area contributed by atoms with Crippen LogP contribution in [0.3, 0.4) is 0 Å². The van der Waals surface area contributed by atoms with E-state index in [1.165, 1.54) is 5.57 Å². The highest BCUT2D eigenvalue weighted by atomic mass is 16.7. The standard InChI is InChI=1S/C41H66O13/c1-36(2)13-14-40(35(49)50)15-16-41(20-43)21(22(40)17-36)7-8-26-38(5)11-10-27(37(3,4)25(38)9-12-39(26,41)6)54-33-31(47)29(45)24(19-51-33)53-34-32(48)30(46)28(44)23(18-42)52-34/h7,22-34,42-48H,8-20H2,1-6H3,(H,49,50)/t22-,23+,24-,25-,26+,27-,28+,29-,30-,31+,32+,33-,34-,38-,39+,40-,41-/m0/s1. The fourth-order valence-electron chi connectivity index (χ4n) is 13.5. The lowest BCUT2D eigenvalue weighted by Gasteiger charge is -2.71. The minimum Gasteiger partial charge on any atom is -0.481 e. The highest BCUT2D eigenvalue weighted by molar-refractivity contribution is 5.76. The SMILES string of the molecule is CC1(C)CC[C@]2(C(=O)O)CC[C@]3(CO)C(=CC[C@@H]4[C@@]5(C)CC[C@H](O[C@@H]6OC[C@H](O[C@@H]7O[C@H](CO)[C@@H](O)[C@H](O)[C@H]7O)[C@H](O)[C@H]6O)C(C)(C)[C@@H]5CC[C@]43C)[C@@H]2C1. The molecule has 0 bridgehead atoms. The normalized spacial score (nSPS) is 52.5. The third kappa shape index (κ3) is 5.92. The van der Waals surface area contributed by atoms with E-state index in [2.05, 4.69) is 47.6 Å². The van der Waals surface area contributed by atoms with Gasteiger partial charge in [-0.3, -0.25) is 4.79 Å². The first-order valence-electron chi connectivity index (χ1n) is 20.4. The summed E-state index contributed by atoms with van der Waals surface area (Å²) in [6.45, 7) is 12.9. The summed E-state index contributed by atoms with van der Waals surface area (Å²) in [4.78, 5) is 13.0. The summed E-state index contributed by atoms with van der Waals surface area (Å²) in [6, 6.07) is 0. The average Bonchev–Trinajstić information content (AvgIpc) is 3.11. The second-order valence-electron chi connectivity index (χ2n) is 20.1. The maximum absolute atomic E-state index is 13.0. The first-order chi connectivity index (χ1) is 25.2. The number of carboxylic acids is 1. The number of carbonyl (C=O) groups is 1. The Labute approximate surface area is 319 Å². The van der Waals surface area contributed by atoms with Gasteiger partial charge in [-0.15, -0.1) is 0 Å². The molecule has 0 unspecified atom stereocenters. The van der Waals surface area contributed by atoms with Crippen LogP contribution in [0.15, 0.2) is 11.6 Å². The van der Waals surface area contributed by atoms with Gasteiger partial charge >= 0.3 is 5.97 Å². The number of allylic oxidation sites excluding steroid dienone is 1. The van der Waals surface area contributed by atoms with Crippen LogP contribution in [-0.4, -0.2) is 128 Å². The molecule has 7 rings (SSSR count). The first-order valence-corrected chi connectivity index (χ1v) is 20.4. The molecule has 54 heavy (non-hydrogen) atoms. The Hall–Kier alpha value is -1.23. The van der Waals surface area contributed by atoms with Crippen LogP contribution >= 0.6 is 0 Å². The Morgan fingerprint density at radius 1 is 0.796 bits per heavy atom. The molecule has 0 aromatic carbocycles. The third-order valence-corrected chi connectivity index (χ3v) is 16.8. The molecule has 2 saturated heterocycles. The molecule has 0 aromatic rings. The zero-order chi connectivity index (χ0) is 39.4. The molecule has 7 aliphatic rings.